The molecule has 9 heteroatoms. The van der Waals surface area contributed by atoms with Gasteiger partial charge in [0, 0.05) is 10.7 Å². The van der Waals surface area contributed by atoms with Crippen LogP contribution in [-0.2, 0) is 4.79 Å². The lowest BCUT2D eigenvalue weighted by Crippen LogP contribution is -2.24. The average molecular weight is 494 g/mol. The van der Waals surface area contributed by atoms with Crippen molar-refractivity contribution in [3.8, 4) is 5.69 Å². The second kappa shape index (κ2) is 9.67. The maximum atomic E-state index is 13.2. The second-order valence-electron chi connectivity index (χ2n) is 6.36. The normalized spacial score (nSPS) is 11.1. The summed E-state index contributed by atoms with van der Waals surface area (Å²) >= 11 is 4.57. The molecule has 4 aromatic rings. The van der Waals surface area contributed by atoms with Crippen LogP contribution in [-0.4, -0.2) is 32.4 Å². The number of halogens is 1. The van der Waals surface area contributed by atoms with E-state index in [4.69, 9.17) is 0 Å². The molecule has 0 saturated heterocycles. The van der Waals surface area contributed by atoms with Gasteiger partial charge in [0.1, 0.15) is 0 Å². The van der Waals surface area contributed by atoms with E-state index >= 15 is 0 Å². The molecule has 1 amide bonds. The summed E-state index contributed by atoms with van der Waals surface area (Å²) in [5.41, 5.74) is 4.16. The van der Waals surface area contributed by atoms with Crippen molar-refractivity contribution < 1.29 is 4.79 Å². The van der Waals surface area contributed by atoms with Gasteiger partial charge in [0.25, 0.3) is 11.5 Å². The first-order valence-electron chi connectivity index (χ1n) is 9.25. The molecule has 0 spiro atoms. The first kappa shape index (κ1) is 21.0. The highest BCUT2D eigenvalue weighted by Crippen LogP contribution is 2.22. The van der Waals surface area contributed by atoms with E-state index in [9.17, 15) is 9.59 Å². The van der Waals surface area contributed by atoms with Gasteiger partial charge in [-0.2, -0.15) is 5.10 Å². The van der Waals surface area contributed by atoms with Gasteiger partial charge in [-0.3, -0.25) is 19.1 Å². The fourth-order valence-corrected chi connectivity index (χ4v) is 3.88. The van der Waals surface area contributed by atoms with Crippen LogP contribution >= 0.6 is 27.7 Å². The predicted molar refractivity (Wildman–Crippen MR) is 126 cm³/mol. The van der Waals surface area contributed by atoms with Crippen molar-refractivity contribution in [1.82, 2.24) is 20.0 Å². The van der Waals surface area contributed by atoms with Gasteiger partial charge in [0.2, 0.25) is 0 Å². The minimum Gasteiger partial charge on any atom is -0.272 e. The second-order valence-corrected chi connectivity index (χ2v) is 8.22. The maximum Gasteiger partial charge on any atom is 0.266 e. The molecule has 2 aromatic heterocycles. The quantitative estimate of drug-likeness (QED) is 0.191. The molecule has 0 aliphatic rings. The Hall–Kier alpha value is -3.30. The van der Waals surface area contributed by atoms with Crippen LogP contribution in [0, 0.1) is 0 Å². The van der Waals surface area contributed by atoms with Crippen LogP contribution in [0.15, 0.2) is 92.5 Å². The van der Waals surface area contributed by atoms with Crippen LogP contribution in [0.2, 0.25) is 0 Å². The standard InChI is InChI=1S/C22H16BrN5O2S/c23-15-8-10-17(11-9-15)28-21(30)18-6-1-2-7-19(18)26-22(28)31-14-20(29)27-25-13-16-5-3-4-12-24-16/h1-13H,14H2,(H,27,29)/b25-13+. The van der Waals surface area contributed by atoms with Crippen molar-refractivity contribution in [3.05, 3.63) is 93.4 Å². The Morgan fingerprint density at radius 2 is 1.87 bits per heavy atom. The summed E-state index contributed by atoms with van der Waals surface area (Å²) in [6.07, 6.45) is 3.11. The van der Waals surface area contributed by atoms with Crippen molar-refractivity contribution in [2.45, 2.75) is 5.16 Å². The molecular weight excluding hydrogens is 478 g/mol. The Labute approximate surface area is 190 Å². The van der Waals surface area contributed by atoms with Gasteiger partial charge in [-0.15, -0.1) is 0 Å². The lowest BCUT2D eigenvalue weighted by molar-refractivity contribution is -0.118. The molecule has 31 heavy (non-hydrogen) atoms. The van der Waals surface area contributed by atoms with E-state index in [1.54, 1.807) is 36.5 Å². The number of rotatable bonds is 6. The lowest BCUT2D eigenvalue weighted by Gasteiger charge is -2.13. The summed E-state index contributed by atoms with van der Waals surface area (Å²) in [4.78, 5) is 34.2. The van der Waals surface area contributed by atoms with Crippen LogP contribution in [0.25, 0.3) is 16.6 Å². The highest BCUT2D eigenvalue weighted by molar-refractivity contribution is 9.10. The van der Waals surface area contributed by atoms with Gasteiger partial charge in [-0.25, -0.2) is 10.4 Å². The third-order valence-corrected chi connectivity index (χ3v) is 5.70. The zero-order valence-electron chi connectivity index (χ0n) is 16.1. The number of carbonyl (C=O) groups excluding carboxylic acids is 1. The number of carbonyl (C=O) groups is 1. The number of aromatic nitrogens is 3. The van der Waals surface area contributed by atoms with Crippen LogP contribution < -0.4 is 11.0 Å². The summed E-state index contributed by atoms with van der Waals surface area (Å²) in [6.45, 7) is 0. The maximum absolute atomic E-state index is 13.2. The van der Waals surface area contributed by atoms with Gasteiger partial charge in [0.05, 0.1) is 34.3 Å². The number of nitrogens with zero attached hydrogens (tertiary/aromatic N) is 4. The Morgan fingerprint density at radius 3 is 2.65 bits per heavy atom. The summed E-state index contributed by atoms with van der Waals surface area (Å²) < 4.78 is 2.42. The van der Waals surface area contributed by atoms with Crippen molar-refractivity contribution >= 4 is 50.7 Å². The Bertz CT molecular complexity index is 1310. The predicted octanol–water partition coefficient (Wildman–Crippen LogP) is 3.79. The van der Waals surface area contributed by atoms with Crippen molar-refractivity contribution in [2.75, 3.05) is 5.75 Å². The number of nitrogens with one attached hydrogen (secondary N) is 1. The molecule has 0 unspecified atom stereocenters. The van der Waals surface area contributed by atoms with Gasteiger partial charge in [0.15, 0.2) is 5.16 Å². The van der Waals surface area contributed by atoms with E-state index in [1.807, 2.05) is 36.4 Å². The third kappa shape index (κ3) is 5.07. The molecule has 2 aromatic carbocycles. The first-order valence-corrected chi connectivity index (χ1v) is 11.0. The number of thioether (sulfide) groups is 1. The van der Waals surface area contributed by atoms with E-state index in [0.29, 0.717) is 27.4 Å². The number of hydrazone groups is 1. The first-order chi connectivity index (χ1) is 15.1. The van der Waals surface area contributed by atoms with Crippen LogP contribution in [0.5, 0.6) is 0 Å². The molecule has 0 aliphatic carbocycles. The van der Waals surface area contributed by atoms with Gasteiger partial charge in [-0.1, -0.05) is 45.9 Å². The third-order valence-electron chi connectivity index (χ3n) is 4.24. The Balaban J connectivity index is 1.58. The van der Waals surface area contributed by atoms with Gasteiger partial charge in [-0.05, 0) is 48.5 Å². The number of fused-ring (bicyclic) bond motifs is 1. The molecule has 2 heterocycles. The minimum atomic E-state index is -0.318. The van der Waals surface area contributed by atoms with Crippen molar-refractivity contribution in [3.63, 3.8) is 0 Å². The highest BCUT2D eigenvalue weighted by Gasteiger charge is 2.14. The Morgan fingerprint density at radius 1 is 1.10 bits per heavy atom. The molecule has 0 bridgehead atoms. The molecule has 0 radical (unpaired) electrons. The highest BCUT2D eigenvalue weighted by atomic mass is 79.9. The number of amides is 1. The molecular formula is C22H16BrN5O2S. The smallest absolute Gasteiger partial charge is 0.266 e. The zero-order chi connectivity index (χ0) is 21.6. The summed E-state index contributed by atoms with van der Waals surface area (Å²) in [6, 6.07) is 19.9. The largest absolute Gasteiger partial charge is 0.272 e. The summed E-state index contributed by atoms with van der Waals surface area (Å²) in [5, 5.41) is 4.86. The number of pyridine rings is 1. The lowest BCUT2D eigenvalue weighted by atomic mass is 10.2. The van der Waals surface area contributed by atoms with Crippen molar-refractivity contribution in [2.24, 2.45) is 5.10 Å². The van der Waals surface area contributed by atoms with Gasteiger partial charge >= 0.3 is 0 Å². The molecule has 4 rings (SSSR count). The van der Waals surface area contributed by atoms with Crippen LogP contribution in [0.1, 0.15) is 5.69 Å². The topological polar surface area (TPSA) is 89.2 Å². The number of benzene rings is 2. The van der Waals surface area contributed by atoms with E-state index < -0.39 is 0 Å². The Kier molecular flexibility index (Phi) is 6.54. The average Bonchev–Trinajstić information content (AvgIpc) is 2.79. The summed E-state index contributed by atoms with van der Waals surface area (Å²) in [7, 11) is 0. The molecule has 0 saturated carbocycles. The van der Waals surface area contributed by atoms with E-state index in [1.165, 1.54) is 22.5 Å². The minimum absolute atomic E-state index is 0.0425. The SMILES string of the molecule is O=C(CSc1nc2ccccc2c(=O)n1-c1ccc(Br)cc1)N/N=C/c1ccccn1. The molecule has 7 nitrogen and oxygen atoms in total. The molecule has 0 aliphatic heterocycles. The molecule has 154 valence electrons. The van der Waals surface area contributed by atoms with Crippen LogP contribution in [0.3, 0.4) is 0 Å². The van der Waals surface area contributed by atoms with E-state index in [0.717, 1.165) is 4.47 Å². The molecule has 0 atom stereocenters. The van der Waals surface area contributed by atoms with Crippen molar-refractivity contribution in [1.29, 1.82) is 0 Å². The molecule has 1 N–H and O–H groups in total. The number of para-hydroxylation sites is 1. The summed E-state index contributed by atoms with van der Waals surface area (Å²) in [5.74, 6) is -0.275. The monoisotopic (exact) mass is 493 g/mol. The fourth-order valence-electron chi connectivity index (χ4n) is 2.81. The van der Waals surface area contributed by atoms with E-state index in [-0.39, 0.29) is 17.2 Å². The molecule has 0 fully saturated rings. The number of hydrogen-bond donors (Lipinski definition) is 1. The zero-order valence-corrected chi connectivity index (χ0v) is 18.5. The van der Waals surface area contributed by atoms with Crippen LogP contribution in [0.4, 0.5) is 0 Å². The number of hydrogen-bond acceptors (Lipinski definition) is 6. The van der Waals surface area contributed by atoms with Gasteiger partial charge < -0.3 is 0 Å². The van der Waals surface area contributed by atoms with E-state index in [2.05, 4.69) is 36.4 Å². The fraction of sp³-hybridized carbons (Fsp3) is 0.0455.